The van der Waals surface area contributed by atoms with Crippen LogP contribution in [0.15, 0.2) is 66.7 Å². The third-order valence-electron chi connectivity index (χ3n) is 4.70. The van der Waals surface area contributed by atoms with Gasteiger partial charge in [-0.3, -0.25) is 4.79 Å². The quantitative estimate of drug-likeness (QED) is 0.862. The van der Waals surface area contributed by atoms with Gasteiger partial charge in [0.05, 0.1) is 32.7 Å². The number of hydrogen-bond acceptors (Lipinski definition) is 2. The minimum Gasteiger partial charge on any atom is -0.481 e. The molecule has 1 heterocycles. The maximum Gasteiger partial charge on any atom is 0.263 e. The third kappa shape index (κ3) is 5.20. The summed E-state index contributed by atoms with van der Waals surface area (Å²) < 4.78 is 5.76. The monoisotopic (exact) mass is 351 g/mol. The second-order valence-electron chi connectivity index (χ2n) is 6.67. The van der Waals surface area contributed by atoms with Crippen LogP contribution >= 0.6 is 0 Å². The molecule has 1 atom stereocenters. The first-order chi connectivity index (χ1) is 12.7. The van der Waals surface area contributed by atoms with Crippen molar-refractivity contribution in [2.45, 2.75) is 13.0 Å². The van der Waals surface area contributed by atoms with Gasteiger partial charge in [-0.1, -0.05) is 54.6 Å². The number of hydrogen-bond donors (Lipinski definition) is 1. The summed E-state index contributed by atoms with van der Waals surface area (Å²) in [6.07, 6.45) is 3.95. The molecule has 2 aromatic rings. The van der Waals surface area contributed by atoms with Crippen LogP contribution in [0.4, 0.5) is 0 Å². The SMILES string of the molecule is C[C@H](Oc1ccccc1)C(=O)N1CC[NH+](C/C=C/c2ccccc2)CC1. The van der Waals surface area contributed by atoms with Gasteiger partial charge in [-0.2, -0.15) is 0 Å². The van der Waals surface area contributed by atoms with E-state index in [9.17, 15) is 4.79 Å². The van der Waals surface area contributed by atoms with Crippen molar-refractivity contribution in [1.29, 1.82) is 0 Å². The Kier molecular flexibility index (Phi) is 6.45. The Morgan fingerprint density at radius 1 is 1.08 bits per heavy atom. The lowest BCUT2D eigenvalue weighted by Crippen LogP contribution is -3.14. The molecule has 4 nitrogen and oxygen atoms in total. The topological polar surface area (TPSA) is 34.0 Å². The zero-order valence-electron chi connectivity index (χ0n) is 15.3. The summed E-state index contributed by atoms with van der Waals surface area (Å²) in [6, 6.07) is 19.9. The van der Waals surface area contributed by atoms with Crippen molar-refractivity contribution in [1.82, 2.24) is 4.90 Å². The van der Waals surface area contributed by atoms with E-state index < -0.39 is 6.10 Å². The molecule has 4 heteroatoms. The Labute approximate surface area is 155 Å². The number of ether oxygens (including phenoxy) is 1. The van der Waals surface area contributed by atoms with E-state index >= 15 is 0 Å². The highest BCUT2D eigenvalue weighted by atomic mass is 16.5. The van der Waals surface area contributed by atoms with E-state index in [1.165, 1.54) is 10.5 Å². The molecule has 2 aromatic carbocycles. The average molecular weight is 351 g/mol. The lowest BCUT2D eigenvalue weighted by atomic mass is 10.2. The highest BCUT2D eigenvalue weighted by Gasteiger charge is 2.27. The van der Waals surface area contributed by atoms with Gasteiger partial charge in [0.2, 0.25) is 0 Å². The van der Waals surface area contributed by atoms with E-state index in [2.05, 4.69) is 36.4 Å². The Bertz CT molecular complexity index is 707. The normalized spacial score (nSPS) is 16.6. The van der Waals surface area contributed by atoms with E-state index in [0.717, 1.165) is 38.5 Å². The first-order valence-corrected chi connectivity index (χ1v) is 9.28. The molecule has 26 heavy (non-hydrogen) atoms. The number of nitrogens with zero attached hydrogens (tertiary/aromatic N) is 1. The second-order valence-corrected chi connectivity index (χ2v) is 6.67. The Hall–Kier alpha value is -2.59. The van der Waals surface area contributed by atoms with Crippen molar-refractivity contribution in [2.75, 3.05) is 32.7 Å². The molecule has 0 aliphatic carbocycles. The van der Waals surface area contributed by atoms with E-state index in [1.807, 2.05) is 48.2 Å². The van der Waals surface area contributed by atoms with E-state index in [0.29, 0.717) is 0 Å². The van der Waals surface area contributed by atoms with Crippen LogP contribution in [-0.2, 0) is 4.79 Å². The minimum absolute atomic E-state index is 0.0766. The molecule has 0 unspecified atom stereocenters. The largest absolute Gasteiger partial charge is 0.481 e. The maximum atomic E-state index is 12.6. The number of benzene rings is 2. The van der Waals surface area contributed by atoms with Gasteiger partial charge in [-0.15, -0.1) is 0 Å². The van der Waals surface area contributed by atoms with Gasteiger partial charge >= 0.3 is 0 Å². The summed E-state index contributed by atoms with van der Waals surface area (Å²) in [6.45, 7) is 6.35. The molecule has 1 amide bonds. The van der Waals surface area contributed by atoms with Gasteiger partial charge in [-0.25, -0.2) is 0 Å². The van der Waals surface area contributed by atoms with Gasteiger partial charge in [0, 0.05) is 0 Å². The summed E-state index contributed by atoms with van der Waals surface area (Å²) in [5.41, 5.74) is 1.23. The molecule has 3 rings (SSSR count). The molecule has 1 saturated heterocycles. The van der Waals surface area contributed by atoms with Crippen LogP contribution < -0.4 is 9.64 Å². The second kappa shape index (κ2) is 9.20. The Balaban J connectivity index is 1.42. The van der Waals surface area contributed by atoms with Gasteiger partial charge in [0.15, 0.2) is 6.10 Å². The van der Waals surface area contributed by atoms with Crippen LogP contribution in [-0.4, -0.2) is 49.6 Å². The molecular weight excluding hydrogens is 324 g/mol. The van der Waals surface area contributed by atoms with Gasteiger partial charge in [0.1, 0.15) is 5.75 Å². The van der Waals surface area contributed by atoms with Crippen molar-refractivity contribution in [3.8, 4) is 5.75 Å². The molecule has 0 spiro atoms. The summed E-state index contributed by atoms with van der Waals surface area (Å²) in [4.78, 5) is 16.0. The molecule has 1 fully saturated rings. The fraction of sp³-hybridized carbons (Fsp3) is 0.318. The van der Waals surface area contributed by atoms with Crippen LogP contribution in [0.1, 0.15) is 12.5 Å². The van der Waals surface area contributed by atoms with Crippen LogP contribution in [0, 0.1) is 0 Å². The van der Waals surface area contributed by atoms with Crippen LogP contribution in [0.25, 0.3) is 6.08 Å². The minimum atomic E-state index is -0.447. The zero-order chi connectivity index (χ0) is 18.2. The predicted octanol–water partition coefficient (Wildman–Crippen LogP) is 1.89. The third-order valence-corrected chi connectivity index (χ3v) is 4.70. The lowest BCUT2D eigenvalue weighted by molar-refractivity contribution is -0.898. The van der Waals surface area contributed by atoms with Crippen LogP contribution in [0.5, 0.6) is 5.75 Å². The van der Waals surface area contributed by atoms with Crippen molar-refractivity contribution in [3.63, 3.8) is 0 Å². The van der Waals surface area contributed by atoms with Crippen LogP contribution in [0.2, 0.25) is 0 Å². The number of carbonyl (C=O) groups excluding carboxylic acids is 1. The van der Waals surface area contributed by atoms with Crippen molar-refractivity contribution < 1.29 is 14.4 Å². The van der Waals surface area contributed by atoms with Crippen LogP contribution in [0.3, 0.4) is 0 Å². The number of nitrogens with one attached hydrogen (secondary N) is 1. The fourth-order valence-corrected chi connectivity index (χ4v) is 3.18. The molecule has 1 aliphatic rings. The van der Waals surface area contributed by atoms with Crippen molar-refractivity contribution in [3.05, 3.63) is 72.3 Å². The van der Waals surface area contributed by atoms with Gasteiger partial charge in [-0.05, 0) is 30.7 Å². The maximum absolute atomic E-state index is 12.6. The number of carbonyl (C=O) groups is 1. The smallest absolute Gasteiger partial charge is 0.263 e. The van der Waals surface area contributed by atoms with Crippen molar-refractivity contribution >= 4 is 12.0 Å². The molecule has 1 N–H and O–H groups in total. The molecule has 1 aliphatic heterocycles. The molecule has 0 radical (unpaired) electrons. The lowest BCUT2D eigenvalue weighted by Gasteiger charge is -2.33. The van der Waals surface area contributed by atoms with Gasteiger partial charge in [0.25, 0.3) is 5.91 Å². The highest BCUT2D eigenvalue weighted by Crippen LogP contribution is 2.12. The predicted molar refractivity (Wildman–Crippen MR) is 104 cm³/mol. The average Bonchev–Trinajstić information content (AvgIpc) is 2.69. The fourth-order valence-electron chi connectivity index (χ4n) is 3.18. The van der Waals surface area contributed by atoms with Crippen molar-refractivity contribution in [2.24, 2.45) is 0 Å². The number of rotatable bonds is 6. The molecule has 0 saturated carbocycles. The number of quaternary nitrogens is 1. The molecule has 0 aromatic heterocycles. The van der Waals surface area contributed by atoms with E-state index in [4.69, 9.17) is 4.74 Å². The molecule has 0 bridgehead atoms. The summed E-state index contributed by atoms with van der Waals surface area (Å²) >= 11 is 0. The first kappa shape index (κ1) is 18.2. The molecular formula is C22H27N2O2+. The summed E-state index contributed by atoms with van der Waals surface area (Å²) in [5.74, 6) is 0.816. The summed E-state index contributed by atoms with van der Waals surface area (Å²) in [5, 5.41) is 0. The number of amides is 1. The Morgan fingerprint density at radius 3 is 2.35 bits per heavy atom. The number of piperazine rings is 1. The highest BCUT2D eigenvalue weighted by molar-refractivity contribution is 5.81. The van der Waals surface area contributed by atoms with Gasteiger partial charge < -0.3 is 14.5 Å². The first-order valence-electron chi connectivity index (χ1n) is 9.28. The van der Waals surface area contributed by atoms with E-state index in [-0.39, 0.29) is 5.91 Å². The standard InChI is InChI=1S/C22H26N2O2/c1-19(26-21-12-6-3-7-13-21)22(25)24-17-15-23(16-18-24)14-8-11-20-9-4-2-5-10-20/h2-13,19H,14-18H2,1H3/p+1/b11-8+/t19-/m0/s1. The van der Waals surface area contributed by atoms with E-state index in [1.54, 1.807) is 0 Å². The Morgan fingerprint density at radius 2 is 1.69 bits per heavy atom. The molecule has 136 valence electrons. The summed E-state index contributed by atoms with van der Waals surface area (Å²) in [7, 11) is 0. The zero-order valence-corrected chi connectivity index (χ0v) is 15.3. The number of para-hydroxylation sites is 1.